The highest BCUT2D eigenvalue weighted by Gasteiger charge is 2.12. The summed E-state index contributed by atoms with van der Waals surface area (Å²) in [5.41, 5.74) is 6.08. The highest BCUT2D eigenvalue weighted by molar-refractivity contribution is 5.94. The first-order valence-corrected chi connectivity index (χ1v) is 6.53. The Balaban J connectivity index is 2.28. The fraction of sp³-hybridized carbons (Fsp3) is 0.429. The smallest absolute Gasteiger partial charge is 0.251 e. The third-order valence-corrected chi connectivity index (χ3v) is 2.74. The van der Waals surface area contributed by atoms with Gasteiger partial charge in [0.25, 0.3) is 5.91 Å². The van der Waals surface area contributed by atoms with Gasteiger partial charge in [0.15, 0.2) is 0 Å². The molecule has 0 aliphatic heterocycles. The molecule has 0 spiro atoms. The maximum absolute atomic E-state index is 11.8. The number of amides is 2. The molecule has 0 fully saturated rings. The zero-order valence-corrected chi connectivity index (χ0v) is 12.2. The molecule has 21 heavy (non-hydrogen) atoms. The summed E-state index contributed by atoms with van der Waals surface area (Å²) in [7, 11) is 3.04. The van der Waals surface area contributed by atoms with Crippen LogP contribution in [0.4, 0.5) is 0 Å². The second-order valence-corrected chi connectivity index (χ2v) is 4.34. The van der Waals surface area contributed by atoms with Crippen LogP contribution in [0.3, 0.4) is 0 Å². The van der Waals surface area contributed by atoms with Crippen molar-refractivity contribution in [3.63, 3.8) is 0 Å². The van der Waals surface area contributed by atoms with Gasteiger partial charge in [-0.2, -0.15) is 0 Å². The monoisotopic (exact) mass is 295 g/mol. The Morgan fingerprint density at radius 2 is 1.76 bits per heavy atom. The largest absolute Gasteiger partial charge is 0.497 e. The molecule has 116 valence electrons. The van der Waals surface area contributed by atoms with Gasteiger partial charge in [-0.05, 0) is 24.3 Å². The van der Waals surface area contributed by atoms with Crippen molar-refractivity contribution >= 4 is 11.8 Å². The fourth-order valence-corrected chi connectivity index (χ4v) is 1.59. The lowest BCUT2D eigenvalue weighted by Gasteiger charge is -2.11. The average Bonchev–Trinajstić information content (AvgIpc) is 2.51. The number of carbonyl (C=O) groups excluding carboxylic acids is 2. The summed E-state index contributed by atoms with van der Waals surface area (Å²) < 4.78 is 9.79. The molecule has 0 bridgehead atoms. The second kappa shape index (κ2) is 8.93. The standard InChI is InChI=1S/C14H21N3O4/c1-20-9-12(15)14(19)17-8-7-16-13(18)10-3-5-11(21-2)6-4-10/h3-6,12H,7-9,15H2,1-2H3,(H,16,18)(H,17,19). The number of nitrogens with one attached hydrogen (secondary N) is 2. The maximum Gasteiger partial charge on any atom is 0.251 e. The highest BCUT2D eigenvalue weighted by atomic mass is 16.5. The minimum atomic E-state index is -0.702. The van der Waals surface area contributed by atoms with Gasteiger partial charge in [0, 0.05) is 25.8 Å². The Morgan fingerprint density at radius 3 is 2.33 bits per heavy atom. The van der Waals surface area contributed by atoms with Gasteiger partial charge in [0.2, 0.25) is 5.91 Å². The summed E-state index contributed by atoms with van der Waals surface area (Å²) in [4.78, 5) is 23.3. The first kappa shape index (κ1) is 16.9. The van der Waals surface area contributed by atoms with Crippen LogP contribution in [0.2, 0.25) is 0 Å². The molecular formula is C14H21N3O4. The maximum atomic E-state index is 11.8. The van der Waals surface area contributed by atoms with Gasteiger partial charge < -0.3 is 25.8 Å². The molecule has 4 N–H and O–H groups in total. The molecule has 1 unspecified atom stereocenters. The molecule has 7 heteroatoms. The lowest BCUT2D eigenvalue weighted by Crippen LogP contribution is -2.45. The Morgan fingerprint density at radius 1 is 1.14 bits per heavy atom. The third kappa shape index (κ3) is 5.80. The van der Waals surface area contributed by atoms with Crippen LogP contribution in [0.5, 0.6) is 5.75 Å². The summed E-state index contributed by atoms with van der Waals surface area (Å²) in [6.45, 7) is 0.776. The van der Waals surface area contributed by atoms with E-state index in [-0.39, 0.29) is 18.4 Å². The predicted molar refractivity (Wildman–Crippen MR) is 78.2 cm³/mol. The zero-order valence-electron chi connectivity index (χ0n) is 12.2. The van der Waals surface area contributed by atoms with Crippen molar-refractivity contribution in [2.75, 3.05) is 33.9 Å². The van der Waals surface area contributed by atoms with Gasteiger partial charge >= 0.3 is 0 Å². The first-order chi connectivity index (χ1) is 10.1. The molecule has 7 nitrogen and oxygen atoms in total. The van der Waals surface area contributed by atoms with E-state index in [1.807, 2.05) is 0 Å². The summed E-state index contributed by atoms with van der Waals surface area (Å²) in [6, 6.07) is 6.05. The molecular weight excluding hydrogens is 274 g/mol. The fourth-order valence-electron chi connectivity index (χ4n) is 1.59. The molecule has 0 saturated heterocycles. The van der Waals surface area contributed by atoms with Crippen molar-refractivity contribution in [3.8, 4) is 5.75 Å². The molecule has 1 aromatic carbocycles. The van der Waals surface area contributed by atoms with Crippen LogP contribution in [-0.4, -0.2) is 51.8 Å². The number of benzene rings is 1. The van der Waals surface area contributed by atoms with E-state index in [1.165, 1.54) is 7.11 Å². The van der Waals surface area contributed by atoms with E-state index in [0.717, 1.165) is 0 Å². The molecule has 0 aliphatic rings. The SMILES string of the molecule is COCC(N)C(=O)NCCNC(=O)c1ccc(OC)cc1. The van der Waals surface area contributed by atoms with E-state index in [4.69, 9.17) is 15.2 Å². The number of nitrogens with two attached hydrogens (primary N) is 1. The van der Waals surface area contributed by atoms with E-state index in [0.29, 0.717) is 24.4 Å². The van der Waals surface area contributed by atoms with Crippen LogP contribution in [0.25, 0.3) is 0 Å². The first-order valence-electron chi connectivity index (χ1n) is 6.53. The number of rotatable bonds is 8. The normalized spacial score (nSPS) is 11.6. The Bertz CT molecular complexity index is 462. The summed E-state index contributed by atoms with van der Waals surface area (Å²) in [6.07, 6.45) is 0. The summed E-state index contributed by atoms with van der Waals surface area (Å²) in [5.74, 6) is 0.162. The molecule has 2 amide bonds. The average molecular weight is 295 g/mol. The van der Waals surface area contributed by atoms with Gasteiger partial charge in [-0.15, -0.1) is 0 Å². The van der Waals surface area contributed by atoms with Gasteiger partial charge in [-0.1, -0.05) is 0 Å². The summed E-state index contributed by atoms with van der Waals surface area (Å²) >= 11 is 0. The molecule has 0 aliphatic carbocycles. The highest BCUT2D eigenvalue weighted by Crippen LogP contribution is 2.10. The Labute approximate surface area is 123 Å². The molecule has 0 aromatic heterocycles. The van der Waals surface area contributed by atoms with Gasteiger partial charge in [0.05, 0.1) is 13.7 Å². The molecule has 0 saturated carbocycles. The van der Waals surface area contributed by atoms with Crippen LogP contribution in [-0.2, 0) is 9.53 Å². The van der Waals surface area contributed by atoms with Crippen molar-refractivity contribution in [3.05, 3.63) is 29.8 Å². The molecule has 1 rings (SSSR count). The molecule has 0 heterocycles. The molecule has 1 atom stereocenters. The van der Waals surface area contributed by atoms with E-state index in [1.54, 1.807) is 31.4 Å². The minimum absolute atomic E-state index is 0.157. The van der Waals surface area contributed by atoms with Crippen LogP contribution < -0.4 is 21.1 Å². The predicted octanol–water partition coefficient (Wildman–Crippen LogP) is -0.485. The van der Waals surface area contributed by atoms with Gasteiger partial charge in [-0.3, -0.25) is 9.59 Å². The minimum Gasteiger partial charge on any atom is -0.497 e. The Kier molecular flexibility index (Phi) is 7.20. The lowest BCUT2D eigenvalue weighted by atomic mass is 10.2. The number of carbonyl (C=O) groups is 2. The third-order valence-electron chi connectivity index (χ3n) is 2.74. The number of methoxy groups -OCH3 is 2. The van der Waals surface area contributed by atoms with Crippen LogP contribution in [0.15, 0.2) is 24.3 Å². The Hall–Kier alpha value is -2.12. The molecule has 0 radical (unpaired) electrons. The van der Waals surface area contributed by atoms with Crippen molar-refractivity contribution in [1.29, 1.82) is 0 Å². The van der Waals surface area contributed by atoms with Crippen LogP contribution >= 0.6 is 0 Å². The van der Waals surface area contributed by atoms with Crippen molar-refractivity contribution < 1.29 is 19.1 Å². The van der Waals surface area contributed by atoms with Crippen LogP contribution in [0, 0.1) is 0 Å². The number of hydrogen-bond donors (Lipinski definition) is 3. The lowest BCUT2D eigenvalue weighted by molar-refractivity contribution is -0.123. The van der Waals surface area contributed by atoms with Gasteiger partial charge in [-0.25, -0.2) is 0 Å². The van der Waals surface area contributed by atoms with Crippen molar-refractivity contribution in [1.82, 2.24) is 10.6 Å². The van der Waals surface area contributed by atoms with Gasteiger partial charge in [0.1, 0.15) is 11.8 Å². The van der Waals surface area contributed by atoms with E-state index in [2.05, 4.69) is 10.6 Å². The number of ether oxygens (including phenoxy) is 2. The quantitative estimate of drug-likeness (QED) is 0.562. The zero-order chi connectivity index (χ0) is 15.7. The summed E-state index contributed by atoms with van der Waals surface area (Å²) in [5, 5.41) is 5.31. The number of hydrogen-bond acceptors (Lipinski definition) is 5. The molecule has 1 aromatic rings. The van der Waals surface area contributed by atoms with Crippen molar-refractivity contribution in [2.24, 2.45) is 5.73 Å². The second-order valence-electron chi connectivity index (χ2n) is 4.34. The van der Waals surface area contributed by atoms with E-state index < -0.39 is 6.04 Å². The van der Waals surface area contributed by atoms with Crippen LogP contribution in [0.1, 0.15) is 10.4 Å². The van der Waals surface area contributed by atoms with Crippen molar-refractivity contribution in [2.45, 2.75) is 6.04 Å². The topological polar surface area (TPSA) is 103 Å². The van der Waals surface area contributed by atoms with E-state index >= 15 is 0 Å². The van der Waals surface area contributed by atoms with E-state index in [9.17, 15) is 9.59 Å².